The van der Waals surface area contributed by atoms with E-state index in [1.165, 1.54) is 64.2 Å². The second kappa shape index (κ2) is 14.6. The summed E-state index contributed by atoms with van der Waals surface area (Å²) < 4.78 is 0. The van der Waals surface area contributed by atoms with Gasteiger partial charge in [-0.1, -0.05) is 89.7 Å². The second-order valence-corrected chi connectivity index (χ2v) is 6.46. The molecule has 0 spiro atoms. The van der Waals surface area contributed by atoms with E-state index in [2.05, 4.69) is 6.92 Å². The van der Waals surface area contributed by atoms with Crippen LogP contribution in [0.1, 0.15) is 90.9 Å². The summed E-state index contributed by atoms with van der Waals surface area (Å²) in [6.45, 7) is 4.30. The summed E-state index contributed by atoms with van der Waals surface area (Å²) in [7, 11) is 0. The van der Waals surface area contributed by atoms with Crippen molar-refractivity contribution in [2.75, 3.05) is 13.2 Å². The highest BCUT2D eigenvalue weighted by atomic mass is 16.3. The zero-order valence-corrected chi connectivity index (χ0v) is 14.4. The molecule has 2 nitrogen and oxygen atoms in total. The molecule has 0 rings (SSSR count). The first-order valence-electron chi connectivity index (χ1n) is 9.10. The molecule has 126 valence electrons. The number of hydrogen-bond donors (Lipinski definition) is 2. The molecule has 0 aliphatic heterocycles. The molecule has 0 atom stereocenters. The summed E-state index contributed by atoms with van der Waals surface area (Å²) in [6, 6.07) is 0. The van der Waals surface area contributed by atoms with E-state index in [9.17, 15) is 10.2 Å². The predicted octanol–water partition coefficient (Wildman–Crippen LogP) is 5.23. The van der Waals surface area contributed by atoms with Crippen LogP contribution in [0.5, 0.6) is 0 Å². The third-order valence-corrected chi connectivity index (χ3v) is 4.43. The van der Waals surface area contributed by atoms with Gasteiger partial charge in [0.2, 0.25) is 0 Å². The maximum absolute atomic E-state index is 9.46. The van der Waals surface area contributed by atoms with E-state index in [-0.39, 0.29) is 13.2 Å². The number of rotatable bonds is 15. The summed E-state index contributed by atoms with van der Waals surface area (Å²) in [4.78, 5) is 0. The normalized spacial score (nSPS) is 12.4. The van der Waals surface area contributed by atoms with Crippen LogP contribution in [0.3, 0.4) is 0 Å². The summed E-state index contributed by atoms with van der Waals surface area (Å²) >= 11 is 0. The predicted molar refractivity (Wildman–Crippen MR) is 92.5 cm³/mol. The first-order valence-corrected chi connectivity index (χ1v) is 9.10. The number of aliphatic hydroxyl groups is 2. The van der Waals surface area contributed by atoms with E-state index in [4.69, 9.17) is 0 Å². The van der Waals surface area contributed by atoms with Gasteiger partial charge in [0, 0.05) is 5.41 Å². The van der Waals surface area contributed by atoms with Crippen LogP contribution < -0.4 is 0 Å². The standard InChI is InChI=1S/C19H38O2/c1-3-5-6-7-8-9-10-11-12-13-14-16-19(17-20,18-21)15-4-2/h4,15,20-21H,3,5-14,16-18H2,1-2H3. The molecule has 0 heterocycles. The van der Waals surface area contributed by atoms with E-state index in [1.54, 1.807) is 0 Å². The highest BCUT2D eigenvalue weighted by Gasteiger charge is 2.24. The van der Waals surface area contributed by atoms with Crippen molar-refractivity contribution >= 4 is 0 Å². The Hall–Kier alpha value is -0.340. The lowest BCUT2D eigenvalue weighted by atomic mass is 9.83. The second-order valence-electron chi connectivity index (χ2n) is 6.46. The lowest BCUT2D eigenvalue weighted by Crippen LogP contribution is -2.27. The van der Waals surface area contributed by atoms with Gasteiger partial charge in [0.15, 0.2) is 0 Å². The first-order chi connectivity index (χ1) is 10.2. The Labute approximate surface area is 132 Å². The lowest BCUT2D eigenvalue weighted by molar-refractivity contribution is 0.0839. The molecule has 2 heteroatoms. The molecule has 0 fully saturated rings. The molecular weight excluding hydrogens is 260 g/mol. The number of allylic oxidation sites excluding steroid dienone is 1. The zero-order chi connectivity index (χ0) is 15.8. The smallest absolute Gasteiger partial charge is 0.0544 e. The molecule has 0 aromatic heterocycles. The summed E-state index contributed by atoms with van der Waals surface area (Å²) in [5.74, 6) is 0. The first kappa shape index (κ1) is 20.7. The fourth-order valence-corrected chi connectivity index (χ4v) is 2.89. The van der Waals surface area contributed by atoms with E-state index in [1.807, 2.05) is 19.1 Å². The van der Waals surface area contributed by atoms with Crippen molar-refractivity contribution in [1.29, 1.82) is 0 Å². The molecule has 21 heavy (non-hydrogen) atoms. The monoisotopic (exact) mass is 298 g/mol. The van der Waals surface area contributed by atoms with E-state index < -0.39 is 5.41 Å². The Balaban J connectivity index is 3.46. The van der Waals surface area contributed by atoms with Crippen molar-refractivity contribution in [3.63, 3.8) is 0 Å². The van der Waals surface area contributed by atoms with Gasteiger partial charge in [0.05, 0.1) is 13.2 Å². The molecule has 0 aliphatic carbocycles. The summed E-state index contributed by atoms with van der Waals surface area (Å²) in [6.07, 6.45) is 19.4. The van der Waals surface area contributed by atoms with Crippen LogP contribution in [0, 0.1) is 5.41 Å². The highest BCUT2D eigenvalue weighted by molar-refractivity contribution is 4.98. The van der Waals surface area contributed by atoms with Crippen molar-refractivity contribution in [2.24, 2.45) is 5.41 Å². The van der Waals surface area contributed by atoms with Crippen LogP contribution in [-0.4, -0.2) is 23.4 Å². The molecular formula is C19H38O2. The Morgan fingerprint density at radius 1 is 0.714 bits per heavy atom. The van der Waals surface area contributed by atoms with Gasteiger partial charge in [-0.05, 0) is 13.3 Å². The van der Waals surface area contributed by atoms with Gasteiger partial charge in [-0.15, -0.1) is 0 Å². The van der Waals surface area contributed by atoms with Crippen LogP contribution >= 0.6 is 0 Å². The quantitative estimate of drug-likeness (QED) is 0.321. The molecule has 0 aromatic rings. The topological polar surface area (TPSA) is 40.5 Å². The van der Waals surface area contributed by atoms with Crippen molar-refractivity contribution < 1.29 is 10.2 Å². The summed E-state index contributed by atoms with van der Waals surface area (Å²) in [5.41, 5.74) is -0.395. The van der Waals surface area contributed by atoms with Crippen molar-refractivity contribution in [1.82, 2.24) is 0 Å². The molecule has 0 unspecified atom stereocenters. The molecule has 0 aliphatic rings. The maximum atomic E-state index is 9.46. The minimum atomic E-state index is -0.395. The van der Waals surface area contributed by atoms with Gasteiger partial charge in [0.25, 0.3) is 0 Å². The fourth-order valence-electron chi connectivity index (χ4n) is 2.89. The molecule has 0 aromatic carbocycles. The minimum Gasteiger partial charge on any atom is -0.395 e. The van der Waals surface area contributed by atoms with Crippen LogP contribution in [0.25, 0.3) is 0 Å². The lowest BCUT2D eigenvalue weighted by Gasteiger charge is -2.26. The van der Waals surface area contributed by atoms with E-state index >= 15 is 0 Å². The average molecular weight is 299 g/mol. The van der Waals surface area contributed by atoms with Gasteiger partial charge in [-0.2, -0.15) is 0 Å². The Kier molecular flexibility index (Phi) is 14.4. The Morgan fingerprint density at radius 3 is 1.52 bits per heavy atom. The van der Waals surface area contributed by atoms with Crippen LogP contribution in [0.4, 0.5) is 0 Å². The van der Waals surface area contributed by atoms with Gasteiger partial charge >= 0.3 is 0 Å². The Bertz CT molecular complexity index is 232. The third-order valence-electron chi connectivity index (χ3n) is 4.43. The molecule has 2 N–H and O–H groups in total. The molecule has 0 radical (unpaired) electrons. The molecule has 0 saturated heterocycles. The minimum absolute atomic E-state index is 0.0472. The van der Waals surface area contributed by atoms with Gasteiger partial charge in [-0.25, -0.2) is 0 Å². The van der Waals surface area contributed by atoms with Gasteiger partial charge < -0.3 is 10.2 Å². The molecule has 0 bridgehead atoms. The molecule has 0 saturated carbocycles. The third kappa shape index (κ3) is 11.0. The van der Waals surface area contributed by atoms with Crippen molar-refractivity contribution in [3.05, 3.63) is 12.2 Å². The largest absolute Gasteiger partial charge is 0.395 e. The van der Waals surface area contributed by atoms with Crippen LogP contribution in [0.2, 0.25) is 0 Å². The SMILES string of the molecule is CC=CC(CO)(CO)CCCCCCCCCCCCC. The van der Waals surface area contributed by atoms with Crippen molar-refractivity contribution in [3.8, 4) is 0 Å². The maximum Gasteiger partial charge on any atom is 0.0544 e. The number of aliphatic hydroxyl groups excluding tert-OH is 2. The van der Waals surface area contributed by atoms with Crippen LogP contribution in [0.15, 0.2) is 12.2 Å². The Morgan fingerprint density at radius 2 is 1.14 bits per heavy atom. The highest BCUT2D eigenvalue weighted by Crippen LogP contribution is 2.26. The average Bonchev–Trinajstić information content (AvgIpc) is 2.51. The molecule has 0 amide bonds. The fraction of sp³-hybridized carbons (Fsp3) is 0.895. The zero-order valence-electron chi connectivity index (χ0n) is 14.4. The van der Waals surface area contributed by atoms with E-state index in [0.717, 1.165) is 12.8 Å². The van der Waals surface area contributed by atoms with E-state index in [0.29, 0.717) is 0 Å². The van der Waals surface area contributed by atoms with Crippen LogP contribution in [-0.2, 0) is 0 Å². The van der Waals surface area contributed by atoms with Crippen molar-refractivity contribution in [2.45, 2.75) is 90.9 Å². The number of hydrogen-bond acceptors (Lipinski definition) is 2. The number of unbranched alkanes of at least 4 members (excludes halogenated alkanes) is 10. The van der Waals surface area contributed by atoms with Gasteiger partial charge in [0.1, 0.15) is 0 Å². The van der Waals surface area contributed by atoms with Gasteiger partial charge in [-0.3, -0.25) is 0 Å². The summed E-state index contributed by atoms with van der Waals surface area (Å²) in [5, 5.41) is 18.9.